The quantitative estimate of drug-likeness (QED) is 0.612. The van der Waals surface area contributed by atoms with Gasteiger partial charge in [-0.3, -0.25) is 4.79 Å². The number of nitrogens with one attached hydrogen (secondary N) is 1. The molecule has 1 rings (SSSR count). The summed E-state index contributed by atoms with van der Waals surface area (Å²) in [5.74, 6) is 0. The van der Waals surface area contributed by atoms with Crippen molar-refractivity contribution >= 4 is 6.41 Å². The zero-order valence-electron chi connectivity index (χ0n) is 7.09. The van der Waals surface area contributed by atoms with Crippen LogP contribution in [0.3, 0.4) is 0 Å². The highest BCUT2D eigenvalue weighted by atomic mass is 16.5. The summed E-state index contributed by atoms with van der Waals surface area (Å²) in [5, 5.41) is 2.62. The molecule has 3 heteroatoms. The lowest BCUT2D eigenvalue weighted by Gasteiger charge is -2.18. The lowest BCUT2D eigenvalue weighted by Crippen LogP contribution is -2.28. The summed E-state index contributed by atoms with van der Waals surface area (Å²) < 4.78 is 5.63. The molecule has 64 valence electrons. The van der Waals surface area contributed by atoms with Crippen molar-refractivity contribution in [1.29, 1.82) is 0 Å². The molecule has 1 aliphatic rings. The van der Waals surface area contributed by atoms with Crippen molar-refractivity contribution in [2.45, 2.75) is 38.4 Å². The Morgan fingerprint density at radius 2 is 2.45 bits per heavy atom. The Morgan fingerprint density at radius 1 is 1.73 bits per heavy atom. The van der Waals surface area contributed by atoms with Crippen LogP contribution in [0.2, 0.25) is 0 Å². The SMILES string of the molecule is CC1(C)CCC(CNC=O)O1. The first-order chi connectivity index (χ1) is 5.14. The fourth-order valence-electron chi connectivity index (χ4n) is 1.40. The number of carbonyl (C=O) groups excluding carboxylic acids is 1. The van der Waals surface area contributed by atoms with Gasteiger partial charge in [-0.2, -0.15) is 0 Å². The molecule has 3 nitrogen and oxygen atoms in total. The summed E-state index contributed by atoms with van der Waals surface area (Å²) in [4.78, 5) is 9.96. The molecule has 1 fully saturated rings. The highest BCUT2D eigenvalue weighted by molar-refractivity contribution is 5.45. The van der Waals surface area contributed by atoms with E-state index < -0.39 is 0 Å². The highest BCUT2D eigenvalue weighted by Crippen LogP contribution is 2.28. The van der Waals surface area contributed by atoms with Crippen LogP contribution in [0.15, 0.2) is 0 Å². The molecule has 1 unspecified atom stereocenters. The molecule has 0 aliphatic carbocycles. The zero-order chi connectivity index (χ0) is 8.32. The molecule has 1 aliphatic heterocycles. The molecule has 0 aromatic rings. The molecule has 1 N–H and O–H groups in total. The van der Waals surface area contributed by atoms with Crippen molar-refractivity contribution in [3.8, 4) is 0 Å². The highest BCUT2D eigenvalue weighted by Gasteiger charge is 2.30. The maximum atomic E-state index is 9.96. The Labute approximate surface area is 67.1 Å². The van der Waals surface area contributed by atoms with Crippen molar-refractivity contribution in [2.75, 3.05) is 6.54 Å². The normalized spacial score (nSPS) is 28.4. The van der Waals surface area contributed by atoms with E-state index in [9.17, 15) is 4.79 Å². The second kappa shape index (κ2) is 3.22. The van der Waals surface area contributed by atoms with E-state index in [0.717, 1.165) is 12.8 Å². The summed E-state index contributed by atoms with van der Waals surface area (Å²) in [6.45, 7) is 4.80. The van der Waals surface area contributed by atoms with Gasteiger partial charge in [-0.25, -0.2) is 0 Å². The van der Waals surface area contributed by atoms with Gasteiger partial charge in [0.15, 0.2) is 0 Å². The van der Waals surface area contributed by atoms with Crippen LogP contribution in [0.25, 0.3) is 0 Å². The second-order valence-corrected chi connectivity index (χ2v) is 3.56. The van der Waals surface area contributed by atoms with Gasteiger partial charge >= 0.3 is 0 Å². The van der Waals surface area contributed by atoms with Gasteiger partial charge in [0.25, 0.3) is 0 Å². The Balaban J connectivity index is 2.24. The molecule has 0 aromatic carbocycles. The van der Waals surface area contributed by atoms with Crippen LogP contribution in [-0.4, -0.2) is 24.7 Å². The Hall–Kier alpha value is -0.570. The Bertz CT molecular complexity index is 145. The molecular weight excluding hydrogens is 142 g/mol. The van der Waals surface area contributed by atoms with Crippen molar-refractivity contribution < 1.29 is 9.53 Å². The Morgan fingerprint density at radius 3 is 2.91 bits per heavy atom. The van der Waals surface area contributed by atoms with E-state index in [0.29, 0.717) is 13.0 Å². The summed E-state index contributed by atoms with van der Waals surface area (Å²) in [7, 11) is 0. The van der Waals surface area contributed by atoms with E-state index in [-0.39, 0.29) is 11.7 Å². The molecule has 1 saturated heterocycles. The Kier molecular flexibility index (Phi) is 2.49. The minimum absolute atomic E-state index is 0.00916. The topological polar surface area (TPSA) is 38.3 Å². The molecule has 1 atom stereocenters. The van der Waals surface area contributed by atoms with Crippen molar-refractivity contribution in [1.82, 2.24) is 5.32 Å². The molecule has 0 spiro atoms. The number of hydrogen-bond acceptors (Lipinski definition) is 2. The van der Waals surface area contributed by atoms with Gasteiger partial charge in [0.2, 0.25) is 6.41 Å². The molecule has 1 amide bonds. The molecule has 0 bridgehead atoms. The summed E-state index contributed by atoms with van der Waals surface area (Å²) in [6.07, 6.45) is 3.07. The minimum atomic E-state index is 0.00916. The summed E-state index contributed by atoms with van der Waals surface area (Å²) in [6, 6.07) is 0. The zero-order valence-corrected chi connectivity index (χ0v) is 7.09. The van der Waals surface area contributed by atoms with Crippen LogP contribution in [0.4, 0.5) is 0 Å². The number of ether oxygens (including phenoxy) is 1. The molecule has 0 radical (unpaired) electrons. The molecular formula is C8H15NO2. The second-order valence-electron chi connectivity index (χ2n) is 3.56. The van der Waals surface area contributed by atoms with Crippen LogP contribution in [0, 0.1) is 0 Å². The van der Waals surface area contributed by atoms with E-state index >= 15 is 0 Å². The first-order valence-electron chi connectivity index (χ1n) is 3.99. The van der Waals surface area contributed by atoms with Crippen LogP contribution >= 0.6 is 0 Å². The van der Waals surface area contributed by atoms with E-state index in [1.54, 1.807) is 0 Å². The first-order valence-corrected chi connectivity index (χ1v) is 3.99. The third kappa shape index (κ3) is 2.50. The standard InChI is InChI=1S/C8H15NO2/c1-8(2)4-3-7(11-8)5-9-6-10/h6-7H,3-5H2,1-2H3,(H,9,10). The van der Waals surface area contributed by atoms with E-state index in [2.05, 4.69) is 19.2 Å². The van der Waals surface area contributed by atoms with Crippen LogP contribution in [0.1, 0.15) is 26.7 Å². The number of rotatable bonds is 3. The predicted octanol–water partition coefficient (Wildman–Crippen LogP) is 0.690. The first kappa shape index (κ1) is 8.53. The summed E-state index contributed by atoms with van der Waals surface area (Å²) in [5.41, 5.74) is 0.00916. The maximum Gasteiger partial charge on any atom is 0.207 e. The fraction of sp³-hybridized carbons (Fsp3) is 0.875. The molecule has 0 saturated carbocycles. The average molecular weight is 157 g/mol. The lowest BCUT2D eigenvalue weighted by molar-refractivity contribution is -0.110. The van der Waals surface area contributed by atoms with Crippen LogP contribution in [0.5, 0.6) is 0 Å². The van der Waals surface area contributed by atoms with Crippen LogP contribution in [-0.2, 0) is 9.53 Å². The lowest BCUT2D eigenvalue weighted by atomic mass is 10.1. The van der Waals surface area contributed by atoms with Crippen molar-refractivity contribution in [2.24, 2.45) is 0 Å². The number of carbonyl (C=O) groups is 1. The minimum Gasteiger partial charge on any atom is -0.371 e. The maximum absolute atomic E-state index is 9.96. The smallest absolute Gasteiger partial charge is 0.207 e. The van der Waals surface area contributed by atoms with Gasteiger partial charge in [-0.05, 0) is 26.7 Å². The van der Waals surface area contributed by atoms with Gasteiger partial charge in [0, 0.05) is 6.54 Å². The number of amides is 1. The van der Waals surface area contributed by atoms with E-state index in [1.165, 1.54) is 0 Å². The van der Waals surface area contributed by atoms with Gasteiger partial charge in [0.05, 0.1) is 11.7 Å². The monoisotopic (exact) mass is 157 g/mol. The molecule has 11 heavy (non-hydrogen) atoms. The van der Waals surface area contributed by atoms with E-state index in [4.69, 9.17) is 4.74 Å². The van der Waals surface area contributed by atoms with Crippen molar-refractivity contribution in [3.63, 3.8) is 0 Å². The predicted molar refractivity (Wildman–Crippen MR) is 42.3 cm³/mol. The van der Waals surface area contributed by atoms with E-state index in [1.807, 2.05) is 0 Å². The largest absolute Gasteiger partial charge is 0.371 e. The van der Waals surface area contributed by atoms with Gasteiger partial charge < -0.3 is 10.1 Å². The van der Waals surface area contributed by atoms with Gasteiger partial charge in [-0.1, -0.05) is 0 Å². The van der Waals surface area contributed by atoms with Crippen LogP contribution < -0.4 is 5.32 Å². The van der Waals surface area contributed by atoms with Gasteiger partial charge in [0.1, 0.15) is 0 Å². The summed E-state index contributed by atoms with van der Waals surface area (Å²) >= 11 is 0. The average Bonchev–Trinajstić information content (AvgIpc) is 2.26. The third-order valence-corrected chi connectivity index (χ3v) is 1.98. The molecule has 1 heterocycles. The van der Waals surface area contributed by atoms with Gasteiger partial charge in [-0.15, -0.1) is 0 Å². The van der Waals surface area contributed by atoms with Crippen molar-refractivity contribution in [3.05, 3.63) is 0 Å². The third-order valence-electron chi connectivity index (χ3n) is 1.98. The fourth-order valence-corrected chi connectivity index (χ4v) is 1.40. The number of hydrogen-bond donors (Lipinski definition) is 1. The molecule has 0 aromatic heterocycles.